The van der Waals surface area contributed by atoms with Crippen LogP contribution in [0.5, 0.6) is 0 Å². The minimum atomic E-state index is 0.607. The third-order valence-electron chi connectivity index (χ3n) is 2.71. The van der Waals surface area contributed by atoms with Gasteiger partial charge in [0.25, 0.3) is 0 Å². The van der Waals surface area contributed by atoms with Crippen LogP contribution in [0.1, 0.15) is 12.7 Å². The molecule has 3 rings (SSSR count). The van der Waals surface area contributed by atoms with E-state index in [4.69, 9.17) is 0 Å². The molecule has 0 aliphatic carbocycles. The number of nitrogens with zero attached hydrogens (tertiary/aromatic N) is 5. The normalized spacial score (nSPS) is 10.9. The molecule has 0 saturated heterocycles. The van der Waals surface area contributed by atoms with Crippen molar-refractivity contribution in [1.29, 1.82) is 0 Å². The van der Waals surface area contributed by atoms with E-state index in [2.05, 4.69) is 32.4 Å². The fraction of sp³-hybridized carbons (Fsp3) is 0.273. The minimum Gasteiger partial charge on any atom is -0.362 e. The summed E-state index contributed by atoms with van der Waals surface area (Å²) in [6.45, 7) is 3.53. The lowest BCUT2D eigenvalue weighted by molar-refractivity contribution is 0.707. The summed E-state index contributed by atoms with van der Waals surface area (Å²) in [6, 6.07) is 2.02. The van der Waals surface area contributed by atoms with Gasteiger partial charge in [-0.1, -0.05) is 0 Å². The molecular weight excluding hydrogens is 248 g/mol. The van der Waals surface area contributed by atoms with Crippen molar-refractivity contribution in [2.24, 2.45) is 0 Å². The molecule has 0 fully saturated rings. The summed E-state index contributed by atoms with van der Waals surface area (Å²) in [5.74, 6) is 1.74. The van der Waals surface area contributed by atoms with E-state index in [0.717, 1.165) is 28.4 Å². The molecule has 0 aromatic carbocycles. The molecule has 0 bridgehead atoms. The average molecular weight is 260 g/mol. The number of hydrogen-bond donors (Lipinski definition) is 1. The number of aromatic nitrogens is 5. The summed E-state index contributed by atoms with van der Waals surface area (Å²) in [7, 11) is 0. The smallest absolute Gasteiger partial charge is 0.152 e. The van der Waals surface area contributed by atoms with Crippen molar-refractivity contribution in [1.82, 2.24) is 24.7 Å². The molecule has 6 nitrogen and oxygen atoms in total. The van der Waals surface area contributed by atoms with Gasteiger partial charge in [0.1, 0.15) is 23.3 Å². The molecule has 7 heteroatoms. The fourth-order valence-electron chi connectivity index (χ4n) is 1.77. The third-order valence-corrected chi connectivity index (χ3v) is 3.53. The molecule has 0 aliphatic heterocycles. The van der Waals surface area contributed by atoms with E-state index in [1.165, 1.54) is 0 Å². The number of hydrogen-bond acceptors (Lipinski definition) is 6. The Morgan fingerprint density at radius 1 is 1.39 bits per heavy atom. The summed E-state index contributed by atoms with van der Waals surface area (Å²) < 4.78 is 2.00. The molecule has 0 saturated carbocycles. The second-order valence-electron chi connectivity index (χ2n) is 3.75. The Labute approximate surface area is 108 Å². The first-order valence-corrected chi connectivity index (χ1v) is 6.55. The molecule has 3 heterocycles. The first-order valence-electron chi connectivity index (χ1n) is 5.67. The number of nitrogens with one attached hydrogen (secondary N) is 1. The van der Waals surface area contributed by atoms with Gasteiger partial charge in [-0.05, 0) is 18.4 Å². The Balaban J connectivity index is 1.83. The maximum absolute atomic E-state index is 4.26. The van der Waals surface area contributed by atoms with E-state index in [-0.39, 0.29) is 0 Å². The summed E-state index contributed by atoms with van der Waals surface area (Å²) in [5.41, 5.74) is 0. The molecule has 18 heavy (non-hydrogen) atoms. The predicted molar refractivity (Wildman–Crippen MR) is 70.4 cm³/mol. The van der Waals surface area contributed by atoms with Crippen LogP contribution in [0, 0.1) is 0 Å². The first-order chi connectivity index (χ1) is 8.88. The van der Waals surface area contributed by atoms with Crippen molar-refractivity contribution in [3.05, 3.63) is 29.9 Å². The highest BCUT2D eigenvalue weighted by Gasteiger charge is 2.06. The van der Waals surface area contributed by atoms with Crippen molar-refractivity contribution in [3.63, 3.8) is 0 Å². The molecule has 0 unspecified atom stereocenters. The van der Waals surface area contributed by atoms with Crippen LogP contribution in [0.25, 0.3) is 10.2 Å². The van der Waals surface area contributed by atoms with E-state index in [1.807, 2.05) is 16.0 Å². The Morgan fingerprint density at radius 3 is 3.22 bits per heavy atom. The Morgan fingerprint density at radius 2 is 2.33 bits per heavy atom. The van der Waals surface area contributed by atoms with Crippen LogP contribution < -0.4 is 5.32 Å². The van der Waals surface area contributed by atoms with Gasteiger partial charge in [-0.15, -0.1) is 21.5 Å². The molecule has 0 aliphatic rings. The van der Waals surface area contributed by atoms with Crippen molar-refractivity contribution in [2.45, 2.75) is 20.0 Å². The number of anilines is 1. The summed E-state index contributed by atoms with van der Waals surface area (Å²) in [6.07, 6.45) is 3.31. The quantitative estimate of drug-likeness (QED) is 0.776. The van der Waals surface area contributed by atoms with Crippen LogP contribution in [0.3, 0.4) is 0 Å². The zero-order valence-electron chi connectivity index (χ0n) is 9.87. The van der Waals surface area contributed by atoms with Crippen LogP contribution >= 0.6 is 11.3 Å². The van der Waals surface area contributed by atoms with Gasteiger partial charge in [-0.3, -0.25) is 0 Å². The summed E-state index contributed by atoms with van der Waals surface area (Å²) >= 11 is 1.61. The minimum absolute atomic E-state index is 0.607. The average Bonchev–Trinajstić information content (AvgIpc) is 3.04. The van der Waals surface area contributed by atoms with Gasteiger partial charge < -0.3 is 9.88 Å². The highest BCUT2D eigenvalue weighted by molar-refractivity contribution is 7.16. The van der Waals surface area contributed by atoms with Gasteiger partial charge in [0, 0.05) is 6.54 Å². The monoisotopic (exact) mass is 260 g/mol. The molecule has 3 aromatic rings. The number of aryl methyl sites for hydroxylation is 1. The molecule has 0 radical (unpaired) electrons. The Bertz CT molecular complexity index is 658. The zero-order chi connectivity index (χ0) is 12.4. The van der Waals surface area contributed by atoms with Crippen LogP contribution in [-0.4, -0.2) is 24.7 Å². The Kier molecular flexibility index (Phi) is 2.89. The van der Waals surface area contributed by atoms with Crippen molar-refractivity contribution >= 4 is 27.4 Å². The molecule has 92 valence electrons. The largest absolute Gasteiger partial charge is 0.362 e. The van der Waals surface area contributed by atoms with E-state index in [9.17, 15) is 0 Å². The number of thiophene rings is 1. The van der Waals surface area contributed by atoms with Gasteiger partial charge in [0.15, 0.2) is 5.82 Å². The van der Waals surface area contributed by atoms with Crippen LogP contribution in [0.4, 0.5) is 5.82 Å². The van der Waals surface area contributed by atoms with Crippen LogP contribution in [-0.2, 0) is 13.1 Å². The highest BCUT2D eigenvalue weighted by atomic mass is 32.1. The SMILES string of the molecule is CCn1cnnc1CNc1ncnc2sccc12. The standard InChI is InChI=1S/C11H12N6S/c1-2-17-7-15-16-9(17)5-12-10-8-3-4-18-11(8)14-6-13-10/h3-4,6-7H,2,5H2,1H3,(H,12,13,14). The molecule has 0 amide bonds. The van der Waals surface area contributed by atoms with E-state index < -0.39 is 0 Å². The highest BCUT2D eigenvalue weighted by Crippen LogP contribution is 2.23. The fourth-order valence-corrected chi connectivity index (χ4v) is 2.51. The second-order valence-corrected chi connectivity index (χ2v) is 4.64. The molecule has 0 spiro atoms. The molecule has 0 atom stereocenters. The van der Waals surface area contributed by atoms with Gasteiger partial charge in [0.2, 0.25) is 0 Å². The lowest BCUT2D eigenvalue weighted by atomic mass is 10.4. The third kappa shape index (κ3) is 1.92. The lowest BCUT2D eigenvalue weighted by Gasteiger charge is -2.06. The van der Waals surface area contributed by atoms with Crippen molar-refractivity contribution in [3.8, 4) is 0 Å². The number of fused-ring (bicyclic) bond motifs is 1. The van der Waals surface area contributed by atoms with E-state index >= 15 is 0 Å². The number of rotatable bonds is 4. The topological polar surface area (TPSA) is 68.5 Å². The van der Waals surface area contributed by atoms with Gasteiger partial charge >= 0.3 is 0 Å². The lowest BCUT2D eigenvalue weighted by Crippen LogP contribution is -2.08. The Hall–Kier alpha value is -2.02. The summed E-state index contributed by atoms with van der Waals surface area (Å²) in [5, 5.41) is 14.3. The van der Waals surface area contributed by atoms with Gasteiger partial charge in [0.05, 0.1) is 11.9 Å². The van der Waals surface area contributed by atoms with E-state index in [0.29, 0.717) is 6.54 Å². The maximum atomic E-state index is 4.26. The van der Waals surface area contributed by atoms with Crippen LogP contribution in [0.2, 0.25) is 0 Å². The van der Waals surface area contributed by atoms with Crippen LogP contribution in [0.15, 0.2) is 24.1 Å². The summed E-state index contributed by atoms with van der Waals surface area (Å²) in [4.78, 5) is 9.47. The first kappa shape index (κ1) is 11.1. The van der Waals surface area contributed by atoms with Crippen molar-refractivity contribution in [2.75, 3.05) is 5.32 Å². The second kappa shape index (κ2) is 4.69. The van der Waals surface area contributed by atoms with E-state index in [1.54, 1.807) is 24.0 Å². The van der Waals surface area contributed by atoms with Gasteiger partial charge in [-0.2, -0.15) is 0 Å². The molecular formula is C11H12N6S. The molecule has 3 aromatic heterocycles. The predicted octanol–water partition coefficient (Wildman–Crippen LogP) is 1.91. The van der Waals surface area contributed by atoms with Crippen molar-refractivity contribution < 1.29 is 0 Å². The molecule has 1 N–H and O–H groups in total. The zero-order valence-corrected chi connectivity index (χ0v) is 10.7. The van der Waals surface area contributed by atoms with Gasteiger partial charge in [-0.25, -0.2) is 9.97 Å². The maximum Gasteiger partial charge on any atom is 0.152 e.